The molecule has 0 amide bonds. The van der Waals surface area contributed by atoms with Gasteiger partial charge in [-0.15, -0.1) is 0 Å². The molecule has 0 aromatic rings. The van der Waals surface area contributed by atoms with Crippen molar-refractivity contribution in [3.63, 3.8) is 0 Å². The molecule has 5 atom stereocenters. The minimum Gasteiger partial charge on any atom is -0.462 e. The quantitative estimate of drug-likeness (QED) is 0.0169. The second-order valence-corrected chi connectivity index (χ2v) is 29.2. The van der Waals surface area contributed by atoms with Crippen LogP contribution in [0.5, 0.6) is 0 Å². The Balaban J connectivity index is 5.43. The third-order valence-electron chi connectivity index (χ3n) is 16.3. The van der Waals surface area contributed by atoms with Crippen molar-refractivity contribution < 1.29 is 80.2 Å². The standard InChI is InChI=1S/C85H142O17P2/c1-5-9-13-17-21-25-29-33-36-38-39-41-44-47-50-54-58-62-66-70-83(88)96-76-81(102-85(90)72-68-64-60-56-52-48-42-35-31-27-23-19-15-11-7-3)78-100-104(93,94)98-74-79(86)73-97-103(91,92)99-77-80(101-84(89)71-67-63-59-55-51-45-32-28-24-20-16-12-8-4)75-95-82(87)69-65-61-57-53-49-46-43-40-37-34-30-26-22-18-14-10-6-2/h10-11,14-15,21-23,25-28,32-37,39,41-42,52,56,64,68,79-81,86H,5-9,12-13,16-20,24,29-31,38,40,43-51,53-55,57-63,65-67,69-78H2,1-4H3,(H,91,92)(H,93,94)/b14-10-,15-11-,25-21-,26-22-,27-23-,32-28-,36-33-,37-34-,41-39-,42-35-,56-52-,68-64-. The van der Waals surface area contributed by atoms with Crippen molar-refractivity contribution in [2.45, 2.75) is 329 Å². The summed E-state index contributed by atoms with van der Waals surface area (Å²) in [5.74, 6) is -2.36. The van der Waals surface area contributed by atoms with E-state index in [9.17, 15) is 43.2 Å². The van der Waals surface area contributed by atoms with E-state index in [1.54, 1.807) is 12.2 Å². The zero-order valence-electron chi connectivity index (χ0n) is 64.9. The summed E-state index contributed by atoms with van der Waals surface area (Å²) >= 11 is 0. The van der Waals surface area contributed by atoms with Crippen molar-refractivity contribution in [1.82, 2.24) is 0 Å². The van der Waals surface area contributed by atoms with Crippen LogP contribution in [0.2, 0.25) is 0 Å². The predicted octanol–water partition coefficient (Wildman–Crippen LogP) is 23.4. The number of aliphatic hydroxyl groups excluding tert-OH is 1. The molecule has 0 fully saturated rings. The largest absolute Gasteiger partial charge is 0.472 e. The van der Waals surface area contributed by atoms with Gasteiger partial charge < -0.3 is 33.8 Å². The maximum atomic E-state index is 13.1. The Labute approximate surface area is 630 Å². The van der Waals surface area contributed by atoms with Crippen LogP contribution in [0.15, 0.2) is 146 Å². The van der Waals surface area contributed by atoms with Crippen molar-refractivity contribution >= 4 is 39.5 Å². The van der Waals surface area contributed by atoms with E-state index in [0.717, 1.165) is 186 Å². The highest BCUT2D eigenvalue weighted by Crippen LogP contribution is 2.45. The van der Waals surface area contributed by atoms with Crippen LogP contribution in [-0.2, 0) is 65.4 Å². The average Bonchev–Trinajstić information content (AvgIpc) is 0.910. The number of hydrogen-bond donors (Lipinski definition) is 3. The van der Waals surface area contributed by atoms with E-state index in [-0.39, 0.29) is 25.7 Å². The van der Waals surface area contributed by atoms with Gasteiger partial charge in [0.2, 0.25) is 0 Å². The molecule has 0 saturated heterocycles. The molecular formula is C85H142O17P2. The maximum absolute atomic E-state index is 13.1. The first kappa shape index (κ1) is 98.9. The van der Waals surface area contributed by atoms with Gasteiger partial charge in [-0.1, -0.05) is 283 Å². The number of allylic oxidation sites excluding steroid dienone is 23. The Hall–Kier alpha value is -5.06. The molecule has 0 rings (SSSR count). The lowest BCUT2D eigenvalue weighted by molar-refractivity contribution is -0.161. The van der Waals surface area contributed by atoms with Gasteiger partial charge in [-0.3, -0.25) is 37.3 Å². The van der Waals surface area contributed by atoms with Crippen molar-refractivity contribution in [2.75, 3.05) is 39.6 Å². The van der Waals surface area contributed by atoms with E-state index in [1.165, 1.54) is 44.9 Å². The van der Waals surface area contributed by atoms with E-state index < -0.39 is 97.5 Å². The summed E-state index contributed by atoms with van der Waals surface area (Å²) in [5.41, 5.74) is 0. The van der Waals surface area contributed by atoms with E-state index in [4.69, 9.17) is 37.0 Å². The number of esters is 4. The predicted molar refractivity (Wildman–Crippen MR) is 427 cm³/mol. The Morgan fingerprint density at radius 2 is 0.538 bits per heavy atom. The molecule has 594 valence electrons. The van der Waals surface area contributed by atoms with Crippen LogP contribution < -0.4 is 0 Å². The molecule has 3 N–H and O–H groups in total. The highest BCUT2D eigenvalue weighted by Gasteiger charge is 2.30. The van der Waals surface area contributed by atoms with Gasteiger partial charge >= 0.3 is 39.5 Å². The Morgan fingerprint density at radius 1 is 0.288 bits per heavy atom. The molecule has 0 bridgehead atoms. The van der Waals surface area contributed by atoms with E-state index in [0.29, 0.717) is 25.7 Å². The number of phosphoric acid groups is 2. The van der Waals surface area contributed by atoms with Crippen LogP contribution in [0.25, 0.3) is 0 Å². The Bertz CT molecular complexity index is 2540. The lowest BCUT2D eigenvalue weighted by Crippen LogP contribution is -2.30. The van der Waals surface area contributed by atoms with Gasteiger partial charge in [-0.2, -0.15) is 0 Å². The molecule has 0 radical (unpaired) electrons. The molecule has 0 aromatic carbocycles. The van der Waals surface area contributed by atoms with Gasteiger partial charge in [0.25, 0.3) is 0 Å². The minimum atomic E-state index is -5.01. The van der Waals surface area contributed by atoms with Gasteiger partial charge in [0, 0.05) is 19.3 Å². The molecule has 0 aliphatic carbocycles. The average molecular weight is 1500 g/mol. The Kier molecular flexibility index (Phi) is 72.4. The van der Waals surface area contributed by atoms with Gasteiger partial charge in [0.1, 0.15) is 19.3 Å². The summed E-state index contributed by atoms with van der Waals surface area (Å²) in [5, 5.41) is 10.6. The number of carbonyl (C=O) groups is 4. The Morgan fingerprint density at radius 3 is 0.885 bits per heavy atom. The zero-order chi connectivity index (χ0) is 76.0. The molecule has 0 spiro atoms. The topological polar surface area (TPSA) is 237 Å². The first-order chi connectivity index (χ1) is 50.7. The van der Waals surface area contributed by atoms with Gasteiger partial charge in [0.15, 0.2) is 12.2 Å². The number of carbonyl (C=O) groups excluding carboxylic acids is 4. The number of aliphatic hydroxyl groups is 1. The van der Waals surface area contributed by atoms with Crippen LogP contribution in [0.1, 0.15) is 310 Å². The first-order valence-electron chi connectivity index (χ1n) is 40.1. The monoisotopic (exact) mass is 1500 g/mol. The van der Waals surface area contributed by atoms with Crippen LogP contribution in [0, 0.1) is 0 Å². The summed E-state index contributed by atoms with van der Waals surface area (Å²) in [6, 6.07) is 0. The minimum absolute atomic E-state index is 0.0768. The van der Waals surface area contributed by atoms with Crippen molar-refractivity contribution in [1.29, 1.82) is 0 Å². The van der Waals surface area contributed by atoms with Crippen molar-refractivity contribution in [2.24, 2.45) is 0 Å². The summed E-state index contributed by atoms with van der Waals surface area (Å²) in [6.07, 6.45) is 87.1. The van der Waals surface area contributed by atoms with Gasteiger partial charge in [-0.05, 0) is 148 Å². The van der Waals surface area contributed by atoms with Crippen molar-refractivity contribution in [3.8, 4) is 0 Å². The number of hydrogen-bond acceptors (Lipinski definition) is 15. The fourth-order valence-electron chi connectivity index (χ4n) is 10.3. The number of unbranched alkanes of at least 4 members (excludes halogenated alkanes) is 25. The molecule has 0 saturated carbocycles. The smallest absolute Gasteiger partial charge is 0.462 e. The highest BCUT2D eigenvalue weighted by atomic mass is 31.2. The van der Waals surface area contributed by atoms with Crippen LogP contribution >= 0.6 is 15.6 Å². The lowest BCUT2D eigenvalue weighted by atomic mass is 10.1. The lowest BCUT2D eigenvalue weighted by Gasteiger charge is -2.21. The summed E-state index contributed by atoms with van der Waals surface area (Å²) in [7, 11) is -10.0. The third kappa shape index (κ3) is 75.2. The van der Waals surface area contributed by atoms with Crippen LogP contribution in [0.3, 0.4) is 0 Å². The molecule has 17 nitrogen and oxygen atoms in total. The van der Waals surface area contributed by atoms with Crippen LogP contribution in [0.4, 0.5) is 0 Å². The molecule has 0 heterocycles. The summed E-state index contributed by atoms with van der Waals surface area (Å²) < 4.78 is 68.5. The molecule has 0 aliphatic heterocycles. The van der Waals surface area contributed by atoms with E-state index in [2.05, 4.69) is 149 Å². The number of ether oxygens (including phenoxy) is 4. The fraction of sp³-hybridized carbons (Fsp3) is 0.671. The third-order valence-corrected chi connectivity index (χ3v) is 18.2. The van der Waals surface area contributed by atoms with E-state index >= 15 is 0 Å². The zero-order valence-corrected chi connectivity index (χ0v) is 66.7. The van der Waals surface area contributed by atoms with Crippen molar-refractivity contribution in [3.05, 3.63) is 146 Å². The van der Waals surface area contributed by atoms with Gasteiger partial charge in [0.05, 0.1) is 32.8 Å². The fourth-order valence-corrected chi connectivity index (χ4v) is 11.8. The summed E-state index contributed by atoms with van der Waals surface area (Å²) in [6.45, 7) is 4.46. The molecule has 19 heteroatoms. The molecule has 0 aliphatic rings. The second-order valence-electron chi connectivity index (χ2n) is 26.3. The second kappa shape index (κ2) is 76.1. The highest BCUT2D eigenvalue weighted by molar-refractivity contribution is 7.47. The molecular weight excluding hydrogens is 1350 g/mol. The number of rotatable bonds is 74. The van der Waals surface area contributed by atoms with Gasteiger partial charge in [-0.25, -0.2) is 9.13 Å². The first-order valence-corrected chi connectivity index (χ1v) is 43.1. The van der Waals surface area contributed by atoms with E-state index in [1.807, 2.05) is 12.2 Å². The van der Waals surface area contributed by atoms with Crippen LogP contribution in [-0.4, -0.2) is 96.7 Å². The summed E-state index contributed by atoms with van der Waals surface area (Å²) in [4.78, 5) is 73.0. The number of phosphoric ester groups is 2. The SMILES string of the molecule is CC/C=C\C/C=C\C/C=C\C/C=C\C/C=C\CC(=O)OC(COC(=O)CCCCCCCC/C=C\C/C=C\C/C=C\CCCCC)COP(=O)(O)OCC(O)COP(=O)(O)OCC(COC(=O)CCCCCCCCC/C=C\C/C=C\C/C=C\CC)OC(=O)CCCCCCC/C=C\CCCCCC. The normalized spacial score (nSPS) is 14.6. The molecule has 104 heavy (non-hydrogen) atoms. The molecule has 0 aromatic heterocycles. The maximum Gasteiger partial charge on any atom is 0.472 e. The molecule has 5 unspecified atom stereocenters.